The van der Waals surface area contributed by atoms with Crippen molar-refractivity contribution in [1.82, 2.24) is 20.4 Å². The average molecular weight is 349 g/mol. The predicted octanol–water partition coefficient (Wildman–Crippen LogP) is 1.53. The van der Waals surface area contributed by atoms with E-state index in [1.807, 2.05) is 4.90 Å². The van der Waals surface area contributed by atoms with Crippen molar-refractivity contribution in [3.8, 4) is 0 Å². The molecule has 2 heterocycles. The number of hydrogen-bond acceptors (Lipinski definition) is 6. The highest BCUT2D eigenvalue weighted by atomic mass is 16.6. The first-order valence-corrected chi connectivity index (χ1v) is 8.79. The van der Waals surface area contributed by atoms with Crippen LogP contribution in [0.5, 0.6) is 0 Å². The van der Waals surface area contributed by atoms with Gasteiger partial charge >= 0.3 is 6.09 Å². The topological polar surface area (TPSA) is 87.7 Å². The van der Waals surface area contributed by atoms with E-state index in [4.69, 9.17) is 4.74 Å². The van der Waals surface area contributed by atoms with Crippen molar-refractivity contribution >= 4 is 17.8 Å². The highest BCUT2D eigenvalue weighted by molar-refractivity contribution is 5.92. The van der Waals surface area contributed by atoms with Gasteiger partial charge in [0, 0.05) is 32.7 Å². The molecule has 1 aromatic heterocycles. The van der Waals surface area contributed by atoms with E-state index in [0.717, 1.165) is 6.42 Å². The summed E-state index contributed by atoms with van der Waals surface area (Å²) in [4.78, 5) is 27.4. The Kier molecular flexibility index (Phi) is 6.97. The molecule has 0 spiro atoms. The fraction of sp³-hybridized carbons (Fsp3) is 0.647. The molecule has 1 aliphatic rings. The summed E-state index contributed by atoms with van der Waals surface area (Å²) in [7, 11) is 0. The van der Waals surface area contributed by atoms with Crippen LogP contribution in [0.3, 0.4) is 0 Å². The van der Waals surface area contributed by atoms with Gasteiger partial charge in [-0.1, -0.05) is 13.8 Å². The number of aromatic nitrogens is 2. The van der Waals surface area contributed by atoms with Crippen LogP contribution in [0.2, 0.25) is 0 Å². The summed E-state index contributed by atoms with van der Waals surface area (Å²) in [5.41, 5.74) is 0.317. The lowest BCUT2D eigenvalue weighted by Crippen LogP contribution is -2.49. The zero-order chi connectivity index (χ0) is 18.2. The maximum absolute atomic E-state index is 12.0. The zero-order valence-corrected chi connectivity index (χ0v) is 15.2. The van der Waals surface area contributed by atoms with E-state index in [1.165, 1.54) is 0 Å². The van der Waals surface area contributed by atoms with Gasteiger partial charge in [0.2, 0.25) is 0 Å². The number of anilines is 1. The summed E-state index contributed by atoms with van der Waals surface area (Å²) >= 11 is 0. The Hall–Kier alpha value is -2.38. The molecule has 0 aliphatic carbocycles. The molecule has 0 saturated carbocycles. The van der Waals surface area contributed by atoms with Gasteiger partial charge in [-0.25, -0.2) is 4.79 Å². The Morgan fingerprint density at radius 1 is 1.20 bits per heavy atom. The highest BCUT2D eigenvalue weighted by Crippen LogP contribution is 2.13. The molecule has 1 aliphatic heterocycles. The van der Waals surface area contributed by atoms with Crippen LogP contribution in [0.1, 0.15) is 37.7 Å². The lowest BCUT2D eigenvalue weighted by Gasteiger charge is -2.34. The standard InChI is InChI=1S/C17H27N5O3/c1-4-25-17(24)22-11-9-21(10-12-22)15-6-5-14(19-20-15)16(23)18-8-7-13(2)3/h5-6,13H,4,7-12H2,1-3H3,(H,18,23). The van der Waals surface area contributed by atoms with E-state index in [1.54, 1.807) is 24.0 Å². The SMILES string of the molecule is CCOC(=O)N1CCN(c2ccc(C(=O)NCCC(C)C)nn2)CC1. The van der Waals surface area contributed by atoms with E-state index in [-0.39, 0.29) is 12.0 Å². The number of carbonyl (C=O) groups is 2. The molecule has 1 N–H and O–H groups in total. The Morgan fingerprint density at radius 2 is 1.92 bits per heavy atom. The molecule has 2 rings (SSSR count). The molecule has 1 aromatic rings. The van der Waals surface area contributed by atoms with Gasteiger partial charge in [-0.05, 0) is 31.4 Å². The fourth-order valence-corrected chi connectivity index (χ4v) is 2.51. The second-order valence-electron chi connectivity index (χ2n) is 6.39. The van der Waals surface area contributed by atoms with Gasteiger partial charge in [0.05, 0.1) is 6.61 Å². The smallest absolute Gasteiger partial charge is 0.409 e. The van der Waals surface area contributed by atoms with E-state index in [2.05, 4.69) is 29.4 Å². The van der Waals surface area contributed by atoms with E-state index in [0.29, 0.717) is 56.8 Å². The van der Waals surface area contributed by atoms with Gasteiger partial charge in [0.1, 0.15) is 0 Å². The molecule has 8 heteroatoms. The van der Waals surface area contributed by atoms with Crippen LogP contribution in [0, 0.1) is 5.92 Å². The average Bonchev–Trinajstić information content (AvgIpc) is 2.62. The number of rotatable bonds is 6. The zero-order valence-electron chi connectivity index (χ0n) is 15.2. The molecule has 0 atom stereocenters. The lowest BCUT2D eigenvalue weighted by molar-refractivity contribution is 0.0945. The molecule has 8 nitrogen and oxygen atoms in total. The first kappa shape index (κ1) is 19.0. The number of ether oxygens (including phenoxy) is 1. The number of nitrogens with zero attached hydrogens (tertiary/aromatic N) is 4. The van der Waals surface area contributed by atoms with Crippen LogP contribution in [-0.4, -0.2) is 66.4 Å². The molecule has 1 saturated heterocycles. The number of carbonyl (C=O) groups excluding carboxylic acids is 2. The third kappa shape index (κ3) is 5.58. The first-order valence-electron chi connectivity index (χ1n) is 8.79. The second-order valence-corrected chi connectivity index (χ2v) is 6.39. The van der Waals surface area contributed by atoms with Gasteiger partial charge in [-0.2, -0.15) is 0 Å². The molecule has 138 valence electrons. The minimum absolute atomic E-state index is 0.202. The Bertz CT molecular complexity index is 568. The number of hydrogen-bond donors (Lipinski definition) is 1. The van der Waals surface area contributed by atoms with Crippen molar-refractivity contribution in [3.63, 3.8) is 0 Å². The maximum atomic E-state index is 12.0. The van der Waals surface area contributed by atoms with Crippen molar-refractivity contribution in [2.75, 3.05) is 44.2 Å². The number of nitrogens with one attached hydrogen (secondary N) is 1. The quantitative estimate of drug-likeness (QED) is 0.838. The second kappa shape index (κ2) is 9.19. The molecular weight excluding hydrogens is 322 g/mol. The number of piperazine rings is 1. The third-order valence-corrected chi connectivity index (χ3v) is 4.02. The van der Waals surface area contributed by atoms with Gasteiger partial charge in [-0.15, -0.1) is 10.2 Å². The Balaban J connectivity index is 1.84. The monoisotopic (exact) mass is 349 g/mol. The van der Waals surface area contributed by atoms with Gasteiger partial charge in [0.15, 0.2) is 11.5 Å². The summed E-state index contributed by atoms with van der Waals surface area (Å²) in [5.74, 6) is 1.05. The van der Waals surface area contributed by atoms with Crippen molar-refractivity contribution in [1.29, 1.82) is 0 Å². The summed E-state index contributed by atoms with van der Waals surface area (Å²) in [5, 5.41) is 11.0. The summed E-state index contributed by atoms with van der Waals surface area (Å²) in [6.45, 7) is 9.52. The molecule has 0 radical (unpaired) electrons. The number of amides is 2. The van der Waals surface area contributed by atoms with E-state index in [9.17, 15) is 9.59 Å². The van der Waals surface area contributed by atoms with Crippen molar-refractivity contribution in [3.05, 3.63) is 17.8 Å². The third-order valence-electron chi connectivity index (χ3n) is 4.02. The molecule has 0 unspecified atom stereocenters. The first-order chi connectivity index (χ1) is 12.0. The Labute approximate surface area is 148 Å². The normalized spacial score (nSPS) is 14.6. The summed E-state index contributed by atoms with van der Waals surface area (Å²) in [6.07, 6.45) is 0.656. The van der Waals surface area contributed by atoms with Crippen molar-refractivity contribution < 1.29 is 14.3 Å². The van der Waals surface area contributed by atoms with Gasteiger partial charge < -0.3 is 19.9 Å². The summed E-state index contributed by atoms with van der Waals surface area (Å²) in [6, 6.07) is 3.48. The van der Waals surface area contributed by atoms with Gasteiger partial charge in [0.25, 0.3) is 5.91 Å². The van der Waals surface area contributed by atoms with Crippen LogP contribution >= 0.6 is 0 Å². The largest absolute Gasteiger partial charge is 0.450 e. The van der Waals surface area contributed by atoms with Crippen LogP contribution in [0.25, 0.3) is 0 Å². The predicted molar refractivity (Wildman–Crippen MR) is 94.6 cm³/mol. The molecule has 0 aromatic carbocycles. The molecule has 0 bridgehead atoms. The Morgan fingerprint density at radius 3 is 2.48 bits per heavy atom. The molecule has 25 heavy (non-hydrogen) atoms. The van der Waals surface area contributed by atoms with Gasteiger partial charge in [-0.3, -0.25) is 4.79 Å². The molecular formula is C17H27N5O3. The van der Waals surface area contributed by atoms with E-state index < -0.39 is 0 Å². The minimum Gasteiger partial charge on any atom is -0.450 e. The van der Waals surface area contributed by atoms with Crippen molar-refractivity contribution in [2.45, 2.75) is 27.2 Å². The fourth-order valence-electron chi connectivity index (χ4n) is 2.51. The summed E-state index contributed by atoms with van der Waals surface area (Å²) < 4.78 is 5.01. The van der Waals surface area contributed by atoms with Crippen LogP contribution in [0.15, 0.2) is 12.1 Å². The van der Waals surface area contributed by atoms with Crippen LogP contribution < -0.4 is 10.2 Å². The molecule has 1 fully saturated rings. The van der Waals surface area contributed by atoms with Crippen LogP contribution in [0.4, 0.5) is 10.6 Å². The van der Waals surface area contributed by atoms with Crippen molar-refractivity contribution in [2.24, 2.45) is 5.92 Å². The maximum Gasteiger partial charge on any atom is 0.409 e. The molecule has 2 amide bonds. The van der Waals surface area contributed by atoms with Crippen LogP contribution in [-0.2, 0) is 4.74 Å². The lowest BCUT2D eigenvalue weighted by atomic mass is 10.1. The minimum atomic E-state index is -0.276. The highest BCUT2D eigenvalue weighted by Gasteiger charge is 2.23. The van der Waals surface area contributed by atoms with E-state index >= 15 is 0 Å².